The molecule has 0 saturated carbocycles. The summed E-state index contributed by atoms with van der Waals surface area (Å²) in [5.74, 6) is 0.108. The van der Waals surface area contributed by atoms with Crippen LogP contribution in [0.4, 0.5) is 0 Å². The number of rotatable bonds is 5. The van der Waals surface area contributed by atoms with Gasteiger partial charge in [-0.1, -0.05) is 24.3 Å². The summed E-state index contributed by atoms with van der Waals surface area (Å²) >= 11 is 0. The van der Waals surface area contributed by atoms with Crippen LogP contribution in [-0.4, -0.2) is 15.6 Å². The smallest absolute Gasteiger partial charge is 0.159 e. The molecule has 3 aromatic rings. The van der Waals surface area contributed by atoms with Gasteiger partial charge in [-0.25, -0.2) is 4.68 Å². The van der Waals surface area contributed by atoms with E-state index in [4.69, 9.17) is 5.10 Å². The van der Waals surface area contributed by atoms with Crippen molar-refractivity contribution in [2.45, 2.75) is 52.6 Å². The van der Waals surface area contributed by atoms with Crippen LogP contribution in [0.2, 0.25) is 0 Å². The molecule has 1 N–H and O–H groups in total. The number of hydrogen-bond acceptors (Lipinski definition) is 3. The standard InChI is InChI=1S/C24H27N3O/c1-16-10-11-21(12-17(16)2)27-24-9-5-8-23(22(24)15-26-27)25-14-19-6-4-7-20(13-19)18(3)28/h4,6-7,10-13,15,23,25H,5,8-9,14H2,1-3H3/t23-/m1/s1. The maximum absolute atomic E-state index is 11.6. The van der Waals surface area contributed by atoms with Gasteiger partial charge in [0.1, 0.15) is 0 Å². The van der Waals surface area contributed by atoms with Crippen molar-refractivity contribution >= 4 is 5.78 Å². The molecule has 4 rings (SSSR count). The molecule has 0 unspecified atom stereocenters. The maximum Gasteiger partial charge on any atom is 0.159 e. The molecular weight excluding hydrogens is 346 g/mol. The molecule has 0 bridgehead atoms. The van der Waals surface area contributed by atoms with Gasteiger partial charge in [-0.3, -0.25) is 4.79 Å². The maximum atomic E-state index is 11.6. The first-order valence-electron chi connectivity index (χ1n) is 10.0. The largest absolute Gasteiger partial charge is 0.306 e. The topological polar surface area (TPSA) is 46.9 Å². The van der Waals surface area contributed by atoms with Crippen molar-refractivity contribution in [3.8, 4) is 5.69 Å². The van der Waals surface area contributed by atoms with E-state index in [0.29, 0.717) is 6.04 Å². The number of fused-ring (bicyclic) bond motifs is 1. The normalized spacial score (nSPS) is 16.0. The first-order chi connectivity index (χ1) is 13.5. The molecule has 0 radical (unpaired) electrons. The number of aryl methyl sites for hydroxylation is 2. The zero-order valence-electron chi connectivity index (χ0n) is 16.8. The van der Waals surface area contributed by atoms with Crippen molar-refractivity contribution < 1.29 is 4.79 Å². The SMILES string of the molecule is CC(=O)c1cccc(CN[C@@H]2CCCc3c2cnn3-c2ccc(C)c(C)c2)c1. The van der Waals surface area contributed by atoms with Gasteiger partial charge < -0.3 is 5.32 Å². The Balaban J connectivity index is 1.55. The number of nitrogens with one attached hydrogen (secondary N) is 1. The summed E-state index contributed by atoms with van der Waals surface area (Å²) < 4.78 is 2.10. The second-order valence-corrected chi connectivity index (χ2v) is 7.81. The fourth-order valence-corrected chi connectivity index (χ4v) is 3.99. The van der Waals surface area contributed by atoms with E-state index in [1.807, 2.05) is 24.4 Å². The minimum Gasteiger partial charge on any atom is -0.306 e. The Kier molecular flexibility index (Phi) is 5.14. The van der Waals surface area contributed by atoms with Crippen molar-refractivity contribution in [2.24, 2.45) is 0 Å². The molecule has 1 aromatic heterocycles. The highest BCUT2D eigenvalue weighted by Gasteiger charge is 2.24. The number of carbonyl (C=O) groups excluding carboxylic acids is 1. The summed E-state index contributed by atoms with van der Waals surface area (Å²) in [7, 11) is 0. The zero-order chi connectivity index (χ0) is 19.7. The molecule has 1 aliphatic carbocycles. The lowest BCUT2D eigenvalue weighted by molar-refractivity contribution is 0.101. The molecule has 0 amide bonds. The highest BCUT2D eigenvalue weighted by molar-refractivity contribution is 5.94. The Bertz CT molecular complexity index is 1020. The van der Waals surface area contributed by atoms with Gasteiger partial charge in [0.25, 0.3) is 0 Å². The first-order valence-corrected chi connectivity index (χ1v) is 10.0. The second kappa shape index (κ2) is 7.72. The van der Waals surface area contributed by atoms with Gasteiger partial charge in [-0.2, -0.15) is 5.10 Å². The van der Waals surface area contributed by atoms with Gasteiger partial charge >= 0.3 is 0 Å². The van der Waals surface area contributed by atoms with Crippen LogP contribution in [-0.2, 0) is 13.0 Å². The van der Waals surface area contributed by atoms with Crippen molar-refractivity contribution in [3.63, 3.8) is 0 Å². The highest BCUT2D eigenvalue weighted by Crippen LogP contribution is 2.31. The van der Waals surface area contributed by atoms with E-state index in [1.165, 1.54) is 22.4 Å². The molecule has 0 saturated heterocycles. The van der Waals surface area contributed by atoms with Crippen LogP contribution in [0.25, 0.3) is 5.69 Å². The Labute approximate surface area is 166 Å². The number of Topliss-reactive ketones (excluding diaryl/α,β-unsaturated/α-hetero) is 1. The molecule has 0 fully saturated rings. The Morgan fingerprint density at radius 2 is 2.04 bits per heavy atom. The van der Waals surface area contributed by atoms with Crippen LogP contribution >= 0.6 is 0 Å². The summed E-state index contributed by atoms with van der Waals surface area (Å²) in [4.78, 5) is 11.6. The minimum absolute atomic E-state index is 0.108. The van der Waals surface area contributed by atoms with Crippen molar-refractivity contribution in [1.29, 1.82) is 0 Å². The Morgan fingerprint density at radius 3 is 2.82 bits per heavy atom. The molecule has 1 aliphatic rings. The van der Waals surface area contributed by atoms with Crippen LogP contribution < -0.4 is 5.32 Å². The summed E-state index contributed by atoms with van der Waals surface area (Å²) in [6.45, 7) is 6.65. The molecule has 2 aromatic carbocycles. The average molecular weight is 374 g/mol. The molecule has 4 heteroatoms. The van der Waals surface area contributed by atoms with Gasteiger partial charge in [-0.05, 0) is 74.9 Å². The van der Waals surface area contributed by atoms with E-state index in [2.05, 4.69) is 48.1 Å². The van der Waals surface area contributed by atoms with Crippen LogP contribution in [0.1, 0.15) is 64.1 Å². The lowest BCUT2D eigenvalue weighted by Crippen LogP contribution is -2.25. The van der Waals surface area contributed by atoms with E-state index in [-0.39, 0.29) is 5.78 Å². The number of aromatic nitrogens is 2. The molecule has 0 aliphatic heterocycles. The third-order valence-electron chi connectivity index (χ3n) is 5.80. The van der Waals surface area contributed by atoms with Gasteiger partial charge in [0, 0.05) is 29.4 Å². The third-order valence-corrected chi connectivity index (χ3v) is 5.80. The first kappa shape index (κ1) is 18.6. The molecule has 144 valence electrons. The third kappa shape index (κ3) is 3.65. The summed E-state index contributed by atoms with van der Waals surface area (Å²) in [6.07, 6.45) is 5.33. The van der Waals surface area contributed by atoms with E-state index >= 15 is 0 Å². The van der Waals surface area contributed by atoms with E-state index < -0.39 is 0 Å². The fourth-order valence-electron chi connectivity index (χ4n) is 3.99. The minimum atomic E-state index is 0.108. The predicted octanol–water partition coefficient (Wildman–Crippen LogP) is 4.86. The molecule has 4 nitrogen and oxygen atoms in total. The number of benzene rings is 2. The van der Waals surface area contributed by atoms with Crippen LogP contribution in [0, 0.1) is 13.8 Å². The van der Waals surface area contributed by atoms with Crippen molar-refractivity contribution in [2.75, 3.05) is 0 Å². The summed E-state index contributed by atoms with van der Waals surface area (Å²) in [5, 5.41) is 8.39. The zero-order valence-corrected chi connectivity index (χ0v) is 16.8. The fraction of sp³-hybridized carbons (Fsp3) is 0.333. The van der Waals surface area contributed by atoms with Gasteiger partial charge in [0.15, 0.2) is 5.78 Å². The molecule has 1 heterocycles. The Hall–Kier alpha value is -2.72. The number of nitrogens with zero attached hydrogens (tertiary/aromatic N) is 2. The number of hydrogen-bond donors (Lipinski definition) is 1. The van der Waals surface area contributed by atoms with Crippen LogP contribution in [0.5, 0.6) is 0 Å². The van der Waals surface area contributed by atoms with E-state index in [0.717, 1.165) is 42.6 Å². The van der Waals surface area contributed by atoms with Crippen molar-refractivity contribution in [1.82, 2.24) is 15.1 Å². The molecular formula is C24H27N3O. The Morgan fingerprint density at radius 1 is 1.18 bits per heavy atom. The van der Waals surface area contributed by atoms with Crippen LogP contribution in [0.3, 0.4) is 0 Å². The lowest BCUT2D eigenvalue weighted by Gasteiger charge is -2.24. The van der Waals surface area contributed by atoms with Gasteiger partial charge in [0.2, 0.25) is 0 Å². The predicted molar refractivity (Wildman–Crippen MR) is 112 cm³/mol. The monoisotopic (exact) mass is 373 g/mol. The van der Waals surface area contributed by atoms with Crippen LogP contribution in [0.15, 0.2) is 48.7 Å². The molecule has 1 atom stereocenters. The van der Waals surface area contributed by atoms with E-state index in [1.54, 1.807) is 6.92 Å². The summed E-state index contributed by atoms with van der Waals surface area (Å²) in [6, 6.07) is 14.7. The second-order valence-electron chi connectivity index (χ2n) is 7.81. The molecule has 28 heavy (non-hydrogen) atoms. The molecule has 0 spiro atoms. The van der Waals surface area contributed by atoms with Gasteiger partial charge in [0.05, 0.1) is 11.9 Å². The van der Waals surface area contributed by atoms with Gasteiger partial charge in [-0.15, -0.1) is 0 Å². The highest BCUT2D eigenvalue weighted by atomic mass is 16.1. The lowest BCUT2D eigenvalue weighted by atomic mass is 9.92. The quantitative estimate of drug-likeness (QED) is 0.650. The number of ketones is 1. The number of carbonyl (C=O) groups is 1. The van der Waals surface area contributed by atoms with Crippen molar-refractivity contribution in [3.05, 3.63) is 82.2 Å². The average Bonchev–Trinajstić information content (AvgIpc) is 3.13. The van der Waals surface area contributed by atoms with E-state index in [9.17, 15) is 4.79 Å². The summed E-state index contributed by atoms with van der Waals surface area (Å²) in [5.41, 5.74) is 8.25.